The number of benzene rings is 1. The highest BCUT2D eigenvalue weighted by Gasteiger charge is 2.08. The number of hydrogen-bond acceptors (Lipinski definition) is 1. The summed E-state index contributed by atoms with van der Waals surface area (Å²) in [6.07, 6.45) is 1.61. The van der Waals surface area contributed by atoms with Crippen molar-refractivity contribution in [2.45, 2.75) is 19.8 Å². The lowest BCUT2D eigenvalue weighted by molar-refractivity contribution is 0.607. The second-order valence-corrected chi connectivity index (χ2v) is 5.08. The number of nitrogens with two attached hydrogens (primary N) is 1. The zero-order chi connectivity index (χ0) is 11.4. The molecule has 0 spiro atoms. The molecule has 1 nitrogen and oxygen atoms in total. The van der Waals surface area contributed by atoms with Crippen LogP contribution in [0.15, 0.2) is 18.2 Å². The van der Waals surface area contributed by atoms with Gasteiger partial charge in [0.15, 0.2) is 0 Å². The first-order valence-electron chi connectivity index (χ1n) is 4.71. The Morgan fingerprint density at radius 3 is 2.67 bits per heavy atom. The highest BCUT2D eigenvalue weighted by atomic mass is 35.5. The van der Waals surface area contributed by atoms with Crippen LogP contribution < -0.4 is 5.73 Å². The summed E-state index contributed by atoms with van der Waals surface area (Å²) in [5.41, 5.74) is 6.57. The van der Waals surface area contributed by atoms with Gasteiger partial charge in [-0.1, -0.05) is 48.4 Å². The van der Waals surface area contributed by atoms with Gasteiger partial charge in [-0.2, -0.15) is 0 Å². The molecule has 0 heterocycles. The first-order chi connectivity index (χ1) is 6.99. The van der Waals surface area contributed by atoms with Crippen LogP contribution in [0.4, 0.5) is 0 Å². The molecule has 1 aromatic rings. The first-order valence-corrected chi connectivity index (χ1v) is 5.87. The molecule has 0 saturated heterocycles. The predicted octanol–water partition coefficient (Wildman–Crippen LogP) is 3.85. The van der Waals surface area contributed by atoms with Crippen molar-refractivity contribution in [3.05, 3.63) is 33.8 Å². The Kier molecular flexibility index (Phi) is 4.84. The van der Waals surface area contributed by atoms with Crippen LogP contribution in [-0.4, -0.2) is 4.99 Å². The highest BCUT2D eigenvalue weighted by molar-refractivity contribution is 7.80. The molecule has 1 atom stereocenters. The van der Waals surface area contributed by atoms with Gasteiger partial charge in [0.1, 0.15) is 0 Å². The monoisotopic (exact) mass is 261 g/mol. The van der Waals surface area contributed by atoms with Crippen molar-refractivity contribution in [3.63, 3.8) is 0 Å². The van der Waals surface area contributed by atoms with Gasteiger partial charge in [0.2, 0.25) is 0 Å². The number of halogens is 2. The molecule has 0 aliphatic carbocycles. The molecule has 82 valence electrons. The SMILES string of the molecule is CC(CC(N)=S)Cc1ccc(Cl)cc1Cl. The molecule has 15 heavy (non-hydrogen) atoms. The maximum Gasteiger partial charge on any atom is 0.0730 e. The number of hydrogen-bond donors (Lipinski definition) is 1. The maximum absolute atomic E-state index is 6.06. The smallest absolute Gasteiger partial charge is 0.0730 e. The van der Waals surface area contributed by atoms with Crippen LogP contribution in [0.25, 0.3) is 0 Å². The van der Waals surface area contributed by atoms with E-state index in [2.05, 4.69) is 6.92 Å². The molecular formula is C11H13Cl2NS. The first kappa shape index (κ1) is 12.8. The molecular weight excluding hydrogens is 249 g/mol. The largest absolute Gasteiger partial charge is 0.393 e. The Morgan fingerprint density at radius 2 is 2.13 bits per heavy atom. The quantitative estimate of drug-likeness (QED) is 0.834. The predicted molar refractivity (Wildman–Crippen MR) is 70.7 cm³/mol. The third-order valence-corrected chi connectivity index (χ3v) is 2.89. The minimum Gasteiger partial charge on any atom is -0.393 e. The minimum atomic E-state index is 0.404. The van der Waals surface area contributed by atoms with Crippen LogP contribution in [0, 0.1) is 5.92 Å². The molecule has 1 rings (SSSR count). The van der Waals surface area contributed by atoms with Gasteiger partial charge in [-0.05, 0) is 30.0 Å². The lowest BCUT2D eigenvalue weighted by Crippen LogP contribution is -2.14. The molecule has 0 aliphatic heterocycles. The van der Waals surface area contributed by atoms with E-state index in [0.717, 1.165) is 18.4 Å². The summed E-state index contributed by atoms with van der Waals surface area (Å²) in [6.45, 7) is 2.10. The zero-order valence-electron chi connectivity index (χ0n) is 8.47. The Hall–Kier alpha value is -0.310. The van der Waals surface area contributed by atoms with Crippen LogP contribution in [0.3, 0.4) is 0 Å². The van der Waals surface area contributed by atoms with Crippen LogP contribution >= 0.6 is 35.4 Å². The van der Waals surface area contributed by atoms with E-state index in [0.29, 0.717) is 21.0 Å². The summed E-state index contributed by atoms with van der Waals surface area (Å²) in [7, 11) is 0. The van der Waals surface area contributed by atoms with Crippen LogP contribution in [-0.2, 0) is 6.42 Å². The summed E-state index contributed by atoms with van der Waals surface area (Å²) in [6, 6.07) is 5.54. The average Bonchev–Trinajstić information content (AvgIpc) is 2.08. The van der Waals surface area contributed by atoms with Crippen LogP contribution in [0.2, 0.25) is 10.0 Å². The van der Waals surface area contributed by atoms with Gasteiger partial charge in [-0.15, -0.1) is 0 Å². The lowest BCUT2D eigenvalue weighted by Gasteiger charge is -2.11. The molecule has 1 aromatic carbocycles. The average molecular weight is 262 g/mol. The van der Waals surface area contributed by atoms with E-state index < -0.39 is 0 Å². The van der Waals surface area contributed by atoms with Crippen LogP contribution in [0.5, 0.6) is 0 Å². The molecule has 4 heteroatoms. The van der Waals surface area contributed by atoms with E-state index in [1.165, 1.54) is 0 Å². The summed E-state index contributed by atoms with van der Waals surface area (Å²) >= 11 is 16.7. The van der Waals surface area contributed by atoms with E-state index in [1.807, 2.05) is 12.1 Å². The van der Waals surface area contributed by atoms with Gasteiger partial charge in [0.25, 0.3) is 0 Å². The van der Waals surface area contributed by atoms with E-state index in [-0.39, 0.29) is 0 Å². The van der Waals surface area contributed by atoms with E-state index in [4.69, 9.17) is 41.2 Å². The highest BCUT2D eigenvalue weighted by Crippen LogP contribution is 2.24. The standard InChI is InChI=1S/C11H13Cl2NS/c1-7(5-11(14)15)4-8-2-3-9(12)6-10(8)13/h2-3,6-7H,4-5H2,1H3,(H2,14,15). The van der Waals surface area contributed by atoms with Gasteiger partial charge in [0.05, 0.1) is 4.99 Å². The molecule has 0 amide bonds. The lowest BCUT2D eigenvalue weighted by atomic mass is 9.98. The van der Waals surface area contributed by atoms with E-state index >= 15 is 0 Å². The van der Waals surface area contributed by atoms with Crippen LogP contribution in [0.1, 0.15) is 18.9 Å². The maximum atomic E-state index is 6.06. The van der Waals surface area contributed by atoms with Crippen molar-refractivity contribution in [1.29, 1.82) is 0 Å². The fourth-order valence-corrected chi connectivity index (χ4v) is 2.25. The van der Waals surface area contributed by atoms with Gasteiger partial charge < -0.3 is 5.73 Å². The van der Waals surface area contributed by atoms with Gasteiger partial charge in [-0.3, -0.25) is 0 Å². The molecule has 2 N–H and O–H groups in total. The van der Waals surface area contributed by atoms with Crippen molar-refractivity contribution >= 4 is 40.4 Å². The number of rotatable bonds is 4. The fourth-order valence-electron chi connectivity index (χ4n) is 1.48. The minimum absolute atomic E-state index is 0.404. The summed E-state index contributed by atoms with van der Waals surface area (Å²) in [4.78, 5) is 0.549. The van der Waals surface area contributed by atoms with Crippen molar-refractivity contribution in [2.75, 3.05) is 0 Å². The third-order valence-electron chi connectivity index (χ3n) is 2.13. The Bertz CT molecular complexity index is 366. The fraction of sp³-hybridized carbons (Fsp3) is 0.364. The second-order valence-electron chi connectivity index (χ2n) is 3.72. The van der Waals surface area contributed by atoms with E-state index in [1.54, 1.807) is 6.07 Å². The Labute approximate surface area is 106 Å². The van der Waals surface area contributed by atoms with Crippen molar-refractivity contribution in [1.82, 2.24) is 0 Å². The van der Waals surface area contributed by atoms with Crippen molar-refractivity contribution in [2.24, 2.45) is 11.7 Å². The molecule has 0 bridgehead atoms. The topological polar surface area (TPSA) is 26.0 Å². The van der Waals surface area contributed by atoms with Crippen molar-refractivity contribution < 1.29 is 0 Å². The summed E-state index contributed by atoms with van der Waals surface area (Å²) in [5, 5.41) is 1.36. The summed E-state index contributed by atoms with van der Waals surface area (Å²) < 4.78 is 0. The number of thiocarbonyl (C=S) groups is 1. The molecule has 0 aromatic heterocycles. The van der Waals surface area contributed by atoms with Gasteiger partial charge >= 0.3 is 0 Å². The molecule has 0 radical (unpaired) electrons. The van der Waals surface area contributed by atoms with E-state index in [9.17, 15) is 0 Å². The normalized spacial score (nSPS) is 12.5. The van der Waals surface area contributed by atoms with Crippen molar-refractivity contribution in [3.8, 4) is 0 Å². The molecule has 0 aliphatic rings. The molecule has 0 saturated carbocycles. The third kappa shape index (κ3) is 4.37. The van der Waals surface area contributed by atoms with Gasteiger partial charge in [0, 0.05) is 16.5 Å². The molecule has 1 unspecified atom stereocenters. The second kappa shape index (κ2) is 5.69. The Balaban J connectivity index is 2.68. The molecule has 0 fully saturated rings. The summed E-state index contributed by atoms with van der Waals surface area (Å²) in [5.74, 6) is 0.404. The van der Waals surface area contributed by atoms with Gasteiger partial charge in [-0.25, -0.2) is 0 Å². The Morgan fingerprint density at radius 1 is 1.47 bits per heavy atom. The zero-order valence-corrected chi connectivity index (χ0v) is 10.8.